The molecule has 86 valence electrons. The maximum absolute atomic E-state index is 5.45. The number of benzene rings is 1. The molecule has 0 fully saturated rings. The first-order valence-corrected chi connectivity index (χ1v) is 6.59. The van der Waals surface area contributed by atoms with Crippen LogP contribution in [0.2, 0.25) is 0 Å². The van der Waals surface area contributed by atoms with Gasteiger partial charge in [0.15, 0.2) is 0 Å². The van der Waals surface area contributed by atoms with Crippen molar-refractivity contribution in [2.75, 3.05) is 0 Å². The van der Waals surface area contributed by atoms with Gasteiger partial charge in [0, 0.05) is 10.9 Å². The van der Waals surface area contributed by atoms with Crippen LogP contribution in [-0.4, -0.2) is 0 Å². The van der Waals surface area contributed by atoms with Crippen LogP contribution in [0.15, 0.2) is 16.6 Å². The van der Waals surface area contributed by atoms with Gasteiger partial charge in [-0.1, -0.05) is 35.3 Å². The third kappa shape index (κ3) is 3.12. The molecule has 0 bridgehead atoms. The summed E-state index contributed by atoms with van der Waals surface area (Å²) in [7, 11) is 0. The first-order valence-electron chi connectivity index (χ1n) is 5.80. The fourth-order valence-electron chi connectivity index (χ4n) is 1.97. The van der Waals surface area contributed by atoms with Gasteiger partial charge >= 0.3 is 0 Å². The first-order chi connectivity index (χ1) is 7.60. The second kappa shape index (κ2) is 6.11. The molecule has 1 unspecified atom stereocenters. The van der Waals surface area contributed by atoms with Gasteiger partial charge in [-0.2, -0.15) is 0 Å². The summed E-state index contributed by atoms with van der Waals surface area (Å²) in [6.45, 7) is 6.50. The van der Waals surface area contributed by atoms with Crippen LogP contribution >= 0.6 is 15.9 Å². The lowest BCUT2D eigenvalue weighted by Crippen LogP contribution is -2.00. The average molecular weight is 279 g/mol. The first kappa shape index (κ1) is 13.3. The van der Waals surface area contributed by atoms with E-state index in [4.69, 9.17) is 6.42 Å². The normalized spacial score (nSPS) is 12.2. The lowest BCUT2D eigenvalue weighted by atomic mass is 9.90. The highest BCUT2D eigenvalue weighted by Gasteiger charge is 2.13. The number of hydrogen-bond donors (Lipinski definition) is 0. The zero-order chi connectivity index (χ0) is 12.1. The topological polar surface area (TPSA) is 0 Å². The molecule has 1 heteroatoms. The molecule has 0 aromatic heterocycles. The molecule has 0 aliphatic heterocycles. The van der Waals surface area contributed by atoms with E-state index in [1.807, 2.05) is 0 Å². The minimum Gasteiger partial charge on any atom is -0.120 e. The molecule has 1 aromatic rings. The predicted octanol–water partition coefficient (Wildman–Crippen LogP) is 4.97. The van der Waals surface area contributed by atoms with E-state index in [0.29, 0.717) is 5.92 Å². The smallest absolute Gasteiger partial charge is 0.0213 e. The van der Waals surface area contributed by atoms with Gasteiger partial charge < -0.3 is 0 Å². The second-order valence-corrected chi connectivity index (χ2v) is 5.21. The Labute approximate surface area is 108 Å². The van der Waals surface area contributed by atoms with Crippen LogP contribution in [0.3, 0.4) is 0 Å². The van der Waals surface area contributed by atoms with Gasteiger partial charge in [0.1, 0.15) is 0 Å². The molecule has 0 spiro atoms. The average Bonchev–Trinajstić information content (AvgIpc) is 2.23. The molecule has 1 atom stereocenters. The predicted molar refractivity (Wildman–Crippen MR) is 74.7 cm³/mol. The lowest BCUT2D eigenvalue weighted by Gasteiger charge is -2.17. The molecule has 0 aliphatic carbocycles. The van der Waals surface area contributed by atoms with Crippen LogP contribution in [0.4, 0.5) is 0 Å². The van der Waals surface area contributed by atoms with E-state index in [1.165, 1.54) is 27.6 Å². The summed E-state index contributed by atoms with van der Waals surface area (Å²) in [5.41, 5.74) is 4.03. The summed E-state index contributed by atoms with van der Waals surface area (Å²) in [6.07, 6.45) is 8.61. The molecule has 0 aliphatic rings. The van der Waals surface area contributed by atoms with Gasteiger partial charge in [-0.25, -0.2) is 0 Å². The SMILES string of the molecule is C#CCC(CCC)c1cc(C)c(C)cc1Br. The van der Waals surface area contributed by atoms with Crippen LogP contribution in [0.25, 0.3) is 0 Å². The highest BCUT2D eigenvalue weighted by molar-refractivity contribution is 9.10. The minimum atomic E-state index is 0.490. The molecule has 0 N–H and O–H groups in total. The zero-order valence-corrected chi connectivity index (χ0v) is 11.9. The van der Waals surface area contributed by atoms with E-state index in [0.717, 1.165) is 12.8 Å². The van der Waals surface area contributed by atoms with Crippen molar-refractivity contribution in [3.63, 3.8) is 0 Å². The zero-order valence-electron chi connectivity index (χ0n) is 10.3. The highest BCUT2D eigenvalue weighted by Crippen LogP contribution is 2.32. The van der Waals surface area contributed by atoms with Gasteiger partial charge in [-0.15, -0.1) is 12.3 Å². The largest absolute Gasteiger partial charge is 0.120 e. The van der Waals surface area contributed by atoms with Gasteiger partial charge in [0.2, 0.25) is 0 Å². The van der Waals surface area contributed by atoms with Crippen molar-refractivity contribution >= 4 is 15.9 Å². The maximum Gasteiger partial charge on any atom is 0.0213 e. The van der Waals surface area contributed by atoms with Crippen LogP contribution in [-0.2, 0) is 0 Å². The van der Waals surface area contributed by atoms with Crippen molar-refractivity contribution in [3.8, 4) is 12.3 Å². The Morgan fingerprint density at radius 2 is 1.94 bits per heavy atom. The minimum absolute atomic E-state index is 0.490. The number of hydrogen-bond acceptors (Lipinski definition) is 0. The Hall–Kier alpha value is -0.740. The van der Waals surface area contributed by atoms with Crippen LogP contribution in [0, 0.1) is 26.2 Å². The van der Waals surface area contributed by atoms with Crippen molar-refractivity contribution < 1.29 is 0 Å². The molecular formula is C15H19Br. The van der Waals surface area contributed by atoms with E-state index in [9.17, 15) is 0 Å². The van der Waals surface area contributed by atoms with E-state index in [1.54, 1.807) is 0 Å². The summed E-state index contributed by atoms with van der Waals surface area (Å²) in [4.78, 5) is 0. The van der Waals surface area contributed by atoms with Crippen molar-refractivity contribution in [2.24, 2.45) is 0 Å². The summed E-state index contributed by atoms with van der Waals surface area (Å²) in [5, 5.41) is 0. The molecule has 0 nitrogen and oxygen atoms in total. The number of terminal acetylenes is 1. The monoisotopic (exact) mass is 278 g/mol. The van der Waals surface area contributed by atoms with Crippen molar-refractivity contribution in [1.82, 2.24) is 0 Å². The van der Waals surface area contributed by atoms with Gasteiger partial charge in [-0.3, -0.25) is 0 Å². The number of halogens is 1. The summed E-state index contributed by atoms with van der Waals surface area (Å²) >= 11 is 3.65. The highest BCUT2D eigenvalue weighted by atomic mass is 79.9. The quantitative estimate of drug-likeness (QED) is 0.682. The number of aryl methyl sites for hydroxylation is 2. The summed E-state index contributed by atoms with van der Waals surface area (Å²) in [5.74, 6) is 3.28. The molecule has 16 heavy (non-hydrogen) atoms. The molecule has 0 radical (unpaired) electrons. The van der Waals surface area contributed by atoms with Crippen LogP contribution < -0.4 is 0 Å². The Kier molecular flexibility index (Phi) is 5.09. The van der Waals surface area contributed by atoms with Gasteiger partial charge in [-0.05, 0) is 48.9 Å². The lowest BCUT2D eigenvalue weighted by molar-refractivity contribution is 0.625. The van der Waals surface area contributed by atoms with E-state index in [-0.39, 0.29) is 0 Å². The van der Waals surface area contributed by atoms with Crippen LogP contribution in [0.5, 0.6) is 0 Å². The fourth-order valence-corrected chi connectivity index (χ4v) is 2.76. The molecule has 1 aromatic carbocycles. The Balaban J connectivity index is 3.09. The van der Waals surface area contributed by atoms with E-state index < -0.39 is 0 Å². The molecule has 0 saturated carbocycles. The molecule has 0 saturated heterocycles. The molecule has 0 amide bonds. The third-order valence-corrected chi connectivity index (χ3v) is 3.74. The second-order valence-electron chi connectivity index (χ2n) is 4.35. The summed E-state index contributed by atoms with van der Waals surface area (Å²) < 4.78 is 1.20. The Morgan fingerprint density at radius 3 is 2.50 bits per heavy atom. The summed E-state index contributed by atoms with van der Waals surface area (Å²) in [6, 6.07) is 4.47. The third-order valence-electron chi connectivity index (χ3n) is 3.05. The van der Waals surface area contributed by atoms with Gasteiger partial charge in [0.25, 0.3) is 0 Å². The Bertz CT molecular complexity index is 399. The number of rotatable bonds is 4. The van der Waals surface area contributed by atoms with E-state index >= 15 is 0 Å². The maximum atomic E-state index is 5.45. The molecule has 1 rings (SSSR count). The fraction of sp³-hybridized carbons (Fsp3) is 0.467. The Morgan fingerprint density at radius 1 is 1.31 bits per heavy atom. The molecule has 0 heterocycles. The standard InChI is InChI=1S/C15H19Br/c1-5-7-13(8-6-2)14-9-11(3)12(4)10-15(14)16/h1,9-10,13H,6-8H2,2-4H3. The van der Waals surface area contributed by atoms with Crippen molar-refractivity contribution in [1.29, 1.82) is 0 Å². The van der Waals surface area contributed by atoms with Crippen molar-refractivity contribution in [3.05, 3.63) is 33.3 Å². The van der Waals surface area contributed by atoms with Gasteiger partial charge in [0.05, 0.1) is 0 Å². The van der Waals surface area contributed by atoms with Crippen LogP contribution in [0.1, 0.15) is 48.8 Å². The van der Waals surface area contributed by atoms with E-state index in [2.05, 4.69) is 54.8 Å². The van der Waals surface area contributed by atoms with Crippen molar-refractivity contribution in [2.45, 2.75) is 46.0 Å². The molecular weight excluding hydrogens is 260 g/mol.